The lowest BCUT2D eigenvalue weighted by molar-refractivity contribution is 0.102. The molecule has 1 N–H and O–H groups in total. The van der Waals surface area contributed by atoms with E-state index >= 15 is 0 Å². The van der Waals surface area contributed by atoms with Crippen molar-refractivity contribution in [1.29, 1.82) is 0 Å². The van der Waals surface area contributed by atoms with E-state index in [-0.39, 0.29) is 11.9 Å². The van der Waals surface area contributed by atoms with Crippen molar-refractivity contribution < 1.29 is 4.79 Å². The third kappa shape index (κ3) is 4.32. The summed E-state index contributed by atoms with van der Waals surface area (Å²) in [6, 6.07) is 15.5. The molecule has 1 amide bonds. The van der Waals surface area contributed by atoms with Gasteiger partial charge in [-0.3, -0.25) is 4.79 Å². The Morgan fingerprint density at radius 2 is 1.91 bits per heavy atom. The number of rotatable bonds is 5. The minimum atomic E-state index is -0.302. The summed E-state index contributed by atoms with van der Waals surface area (Å²) < 4.78 is 1.94. The Labute approximate surface area is 198 Å². The monoisotopic (exact) mass is 453 g/mol. The topological polar surface area (TPSA) is 88.8 Å². The maximum absolute atomic E-state index is 13.1. The van der Waals surface area contributed by atoms with Gasteiger partial charge in [-0.25, -0.2) is 9.97 Å². The minimum absolute atomic E-state index is 0.195. The zero-order valence-corrected chi connectivity index (χ0v) is 19.6. The summed E-state index contributed by atoms with van der Waals surface area (Å²) in [7, 11) is 2.12. The fraction of sp³-hybridized carbons (Fsp3) is 0.269. The first kappa shape index (κ1) is 21.9. The van der Waals surface area contributed by atoms with E-state index < -0.39 is 0 Å². The summed E-state index contributed by atoms with van der Waals surface area (Å²) in [5.74, 6) is 0.795. The van der Waals surface area contributed by atoms with Gasteiger partial charge in [0.2, 0.25) is 0 Å². The lowest BCUT2D eigenvalue weighted by atomic mass is 9.97. The molecule has 0 radical (unpaired) electrons. The van der Waals surface area contributed by atoms with Crippen LogP contribution in [0.3, 0.4) is 0 Å². The van der Waals surface area contributed by atoms with Gasteiger partial charge in [0, 0.05) is 30.1 Å². The third-order valence-corrected chi connectivity index (χ3v) is 6.06. The van der Waals surface area contributed by atoms with E-state index in [2.05, 4.69) is 58.4 Å². The number of aromatic nitrogens is 5. The van der Waals surface area contributed by atoms with Gasteiger partial charge in [0.25, 0.3) is 5.91 Å². The molecule has 0 fully saturated rings. The molecule has 0 saturated heterocycles. The number of nitrogens with zero attached hydrogens (tertiary/aromatic N) is 6. The van der Waals surface area contributed by atoms with Crippen molar-refractivity contribution in [1.82, 2.24) is 29.6 Å². The number of anilines is 1. The minimum Gasteiger partial charge on any atom is -0.310 e. The number of carbonyl (C=O) groups is 1. The van der Waals surface area contributed by atoms with E-state index in [9.17, 15) is 4.79 Å². The van der Waals surface area contributed by atoms with Crippen LogP contribution >= 0.6 is 0 Å². The molecule has 34 heavy (non-hydrogen) atoms. The Bertz CT molecular complexity index is 1390. The molecule has 8 heteroatoms. The Balaban J connectivity index is 1.43. The zero-order chi connectivity index (χ0) is 23.7. The lowest BCUT2D eigenvalue weighted by Crippen LogP contribution is -2.23. The van der Waals surface area contributed by atoms with Crippen LogP contribution in [0.25, 0.3) is 28.0 Å². The maximum atomic E-state index is 13.1. The highest BCUT2D eigenvalue weighted by Gasteiger charge is 2.16. The standard InChI is InChI=1S/C26H27N7O/c1-17(2)33-16-27-31-25(33)21-8-5-9-23(28-21)30-26(34)22-11-10-19-6-4-7-20(24(19)29-22)18-12-14-32(3)15-13-18/h4-12,16-17H,13-15H2,1-3H3,(H,28,30,34). The molecule has 0 bridgehead atoms. The number of para-hydroxylation sites is 1. The fourth-order valence-electron chi connectivity index (χ4n) is 4.16. The molecule has 5 rings (SSSR count). The molecule has 8 nitrogen and oxygen atoms in total. The maximum Gasteiger partial charge on any atom is 0.275 e. The number of hydrogen-bond donors (Lipinski definition) is 1. The summed E-state index contributed by atoms with van der Waals surface area (Å²) in [4.78, 5) is 24.7. The van der Waals surface area contributed by atoms with E-state index in [4.69, 9.17) is 4.98 Å². The summed E-state index contributed by atoms with van der Waals surface area (Å²) >= 11 is 0. The quantitative estimate of drug-likeness (QED) is 0.481. The number of benzene rings is 1. The van der Waals surface area contributed by atoms with Crippen molar-refractivity contribution >= 4 is 28.2 Å². The van der Waals surface area contributed by atoms with Gasteiger partial charge < -0.3 is 14.8 Å². The molecule has 1 aromatic carbocycles. The first-order valence-corrected chi connectivity index (χ1v) is 11.5. The van der Waals surface area contributed by atoms with Crippen LogP contribution in [-0.2, 0) is 0 Å². The average molecular weight is 454 g/mol. The second-order valence-corrected chi connectivity index (χ2v) is 8.83. The van der Waals surface area contributed by atoms with E-state index in [1.54, 1.807) is 18.5 Å². The van der Waals surface area contributed by atoms with E-state index in [0.717, 1.165) is 36.0 Å². The van der Waals surface area contributed by atoms with Gasteiger partial charge in [-0.05, 0) is 51.1 Å². The predicted molar refractivity (Wildman–Crippen MR) is 133 cm³/mol. The Kier molecular flexibility index (Phi) is 5.90. The summed E-state index contributed by atoms with van der Waals surface area (Å²) in [6.45, 7) is 6.03. The number of pyridine rings is 2. The van der Waals surface area contributed by atoms with Crippen LogP contribution in [0, 0.1) is 0 Å². The highest BCUT2D eigenvalue weighted by molar-refractivity contribution is 6.04. The molecular weight excluding hydrogens is 426 g/mol. The smallest absolute Gasteiger partial charge is 0.275 e. The van der Waals surface area contributed by atoms with Gasteiger partial charge >= 0.3 is 0 Å². The van der Waals surface area contributed by atoms with Crippen LogP contribution < -0.4 is 5.32 Å². The highest BCUT2D eigenvalue weighted by atomic mass is 16.1. The molecule has 4 heterocycles. The largest absolute Gasteiger partial charge is 0.310 e. The molecular formula is C26H27N7O. The van der Waals surface area contributed by atoms with Crippen molar-refractivity contribution in [2.75, 3.05) is 25.5 Å². The first-order chi connectivity index (χ1) is 16.5. The highest BCUT2D eigenvalue weighted by Crippen LogP contribution is 2.28. The number of likely N-dealkylation sites (N-methyl/N-ethyl adjacent to an activating group) is 1. The van der Waals surface area contributed by atoms with Crippen LogP contribution in [0.15, 0.2) is 60.9 Å². The summed E-state index contributed by atoms with van der Waals surface area (Å²) in [5.41, 5.74) is 4.21. The lowest BCUT2D eigenvalue weighted by Gasteiger charge is -2.22. The van der Waals surface area contributed by atoms with E-state index in [1.165, 1.54) is 5.57 Å². The van der Waals surface area contributed by atoms with Crippen LogP contribution in [0.5, 0.6) is 0 Å². The molecule has 172 valence electrons. The molecule has 0 saturated carbocycles. The molecule has 1 aliphatic rings. The molecule has 0 aliphatic carbocycles. The van der Waals surface area contributed by atoms with Gasteiger partial charge in [0.15, 0.2) is 5.82 Å². The number of fused-ring (bicyclic) bond motifs is 1. The van der Waals surface area contributed by atoms with E-state index in [0.29, 0.717) is 23.0 Å². The normalized spacial score (nSPS) is 14.4. The van der Waals surface area contributed by atoms with Crippen molar-refractivity contribution in [3.05, 3.63) is 72.2 Å². The van der Waals surface area contributed by atoms with Gasteiger partial charge in [-0.1, -0.05) is 36.4 Å². The Hall–Kier alpha value is -3.91. The zero-order valence-electron chi connectivity index (χ0n) is 19.6. The second-order valence-electron chi connectivity index (χ2n) is 8.83. The SMILES string of the molecule is CC(C)n1cnnc1-c1cccc(NC(=O)c2ccc3cccc(C4=CCN(C)CC4)c3n2)n1. The molecule has 0 spiro atoms. The number of hydrogen-bond acceptors (Lipinski definition) is 6. The first-order valence-electron chi connectivity index (χ1n) is 11.5. The molecule has 0 atom stereocenters. The van der Waals surface area contributed by atoms with Crippen molar-refractivity contribution in [3.8, 4) is 11.5 Å². The van der Waals surface area contributed by atoms with Crippen LogP contribution in [0.4, 0.5) is 5.82 Å². The molecule has 3 aromatic heterocycles. The number of nitrogens with one attached hydrogen (secondary N) is 1. The predicted octanol–water partition coefficient (Wildman–Crippen LogP) is 4.44. The van der Waals surface area contributed by atoms with Crippen LogP contribution in [0.2, 0.25) is 0 Å². The average Bonchev–Trinajstić information content (AvgIpc) is 3.35. The number of carbonyl (C=O) groups excluding carboxylic acids is 1. The second kappa shape index (κ2) is 9.15. The van der Waals surface area contributed by atoms with Gasteiger partial charge in [-0.15, -0.1) is 10.2 Å². The fourth-order valence-corrected chi connectivity index (χ4v) is 4.16. The van der Waals surface area contributed by atoms with Crippen molar-refractivity contribution in [2.24, 2.45) is 0 Å². The summed E-state index contributed by atoms with van der Waals surface area (Å²) in [5, 5.41) is 12.1. The van der Waals surface area contributed by atoms with Gasteiger partial charge in [0.05, 0.1) is 5.52 Å². The molecule has 4 aromatic rings. The third-order valence-electron chi connectivity index (χ3n) is 6.06. The molecule has 0 unspecified atom stereocenters. The van der Waals surface area contributed by atoms with Crippen LogP contribution in [-0.4, -0.2) is 55.7 Å². The number of amides is 1. The Morgan fingerprint density at radius 3 is 2.71 bits per heavy atom. The van der Waals surface area contributed by atoms with E-state index in [1.807, 2.05) is 34.9 Å². The van der Waals surface area contributed by atoms with Crippen molar-refractivity contribution in [3.63, 3.8) is 0 Å². The van der Waals surface area contributed by atoms with Gasteiger partial charge in [0.1, 0.15) is 23.5 Å². The Morgan fingerprint density at radius 1 is 1.06 bits per heavy atom. The van der Waals surface area contributed by atoms with Gasteiger partial charge in [-0.2, -0.15) is 0 Å². The van der Waals surface area contributed by atoms with Crippen molar-refractivity contribution in [2.45, 2.75) is 26.3 Å². The summed E-state index contributed by atoms with van der Waals surface area (Å²) in [6.07, 6.45) is 4.90. The van der Waals surface area contributed by atoms with Crippen LogP contribution in [0.1, 0.15) is 42.4 Å². The molecule has 1 aliphatic heterocycles.